The predicted octanol–water partition coefficient (Wildman–Crippen LogP) is 4.59. The summed E-state index contributed by atoms with van der Waals surface area (Å²) in [5.41, 5.74) is 8.08. The highest BCUT2D eigenvalue weighted by atomic mass is 14.9. The molecule has 5 rings (SSSR count). The van der Waals surface area contributed by atoms with E-state index in [1.165, 1.54) is 42.5 Å². The van der Waals surface area contributed by atoms with Crippen LogP contribution < -0.4 is 4.57 Å². The van der Waals surface area contributed by atoms with Gasteiger partial charge in [0, 0.05) is 17.2 Å². The zero-order valence-corrected chi connectivity index (χ0v) is 14.2. The number of hydrogen-bond acceptors (Lipinski definition) is 0. The quantitative estimate of drug-likeness (QED) is 0.677. The zero-order chi connectivity index (χ0) is 15.5. The summed E-state index contributed by atoms with van der Waals surface area (Å²) in [6.45, 7) is 7.16. The Morgan fingerprint density at radius 2 is 1.50 bits per heavy atom. The van der Waals surface area contributed by atoms with Gasteiger partial charge in [0.15, 0.2) is 6.20 Å². The van der Waals surface area contributed by atoms with Gasteiger partial charge in [-0.15, -0.1) is 0 Å². The van der Waals surface area contributed by atoms with E-state index in [-0.39, 0.29) is 0 Å². The third-order valence-electron chi connectivity index (χ3n) is 6.45. The van der Waals surface area contributed by atoms with Crippen molar-refractivity contribution in [2.75, 3.05) is 0 Å². The molecule has 0 atom stereocenters. The van der Waals surface area contributed by atoms with Gasteiger partial charge < -0.3 is 0 Å². The molecule has 2 bridgehead atoms. The van der Waals surface area contributed by atoms with Crippen molar-refractivity contribution in [2.24, 2.45) is 7.05 Å². The average Bonchev–Trinajstić information content (AvgIpc) is 2.50. The largest absolute Gasteiger partial charge is 0.212 e. The Morgan fingerprint density at radius 3 is 2.14 bits per heavy atom. The molecule has 3 aliphatic carbocycles. The summed E-state index contributed by atoms with van der Waals surface area (Å²) >= 11 is 0. The lowest BCUT2D eigenvalue weighted by atomic mass is 9.53. The second kappa shape index (κ2) is 4.44. The van der Waals surface area contributed by atoms with E-state index < -0.39 is 0 Å². The van der Waals surface area contributed by atoms with E-state index in [2.05, 4.69) is 68.9 Å². The minimum absolute atomic E-state index is 0.388. The van der Waals surface area contributed by atoms with Crippen molar-refractivity contribution in [3.63, 3.8) is 0 Å². The third-order valence-corrected chi connectivity index (χ3v) is 6.45. The fraction of sp³-hybridized carbons (Fsp3) is 0.476. The molecular formula is C21H26N+. The van der Waals surface area contributed by atoms with Crippen LogP contribution in [0.1, 0.15) is 56.2 Å². The topological polar surface area (TPSA) is 3.88 Å². The van der Waals surface area contributed by atoms with Crippen LogP contribution in [0.2, 0.25) is 0 Å². The first-order valence-electron chi connectivity index (χ1n) is 8.54. The number of hydrogen-bond donors (Lipinski definition) is 0. The maximum atomic E-state index is 2.49. The molecule has 1 fully saturated rings. The van der Waals surface area contributed by atoms with E-state index in [0.29, 0.717) is 10.8 Å². The van der Waals surface area contributed by atoms with Crippen molar-refractivity contribution >= 4 is 0 Å². The summed E-state index contributed by atoms with van der Waals surface area (Å²) < 4.78 is 2.34. The van der Waals surface area contributed by atoms with Gasteiger partial charge in [-0.25, -0.2) is 4.57 Å². The van der Waals surface area contributed by atoms with E-state index in [1.807, 2.05) is 0 Å². The number of pyridine rings is 1. The second-order valence-corrected chi connectivity index (χ2v) is 8.03. The van der Waals surface area contributed by atoms with Crippen LogP contribution >= 0.6 is 0 Å². The summed E-state index contributed by atoms with van der Waals surface area (Å²) in [6.07, 6.45) is 7.81. The first kappa shape index (κ1) is 14.0. The van der Waals surface area contributed by atoms with Crippen LogP contribution in [0.3, 0.4) is 0 Å². The first-order chi connectivity index (χ1) is 10.4. The predicted molar refractivity (Wildman–Crippen MR) is 91.0 cm³/mol. The summed E-state index contributed by atoms with van der Waals surface area (Å²) in [5.74, 6) is 0. The van der Waals surface area contributed by atoms with Gasteiger partial charge in [0.1, 0.15) is 7.05 Å². The van der Waals surface area contributed by atoms with Crippen molar-refractivity contribution in [1.82, 2.24) is 0 Å². The lowest BCUT2D eigenvalue weighted by molar-refractivity contribution is -0.661. The van der Waals surface area contributed by atoms with Gasteiger partial charge in [-0.2, -0.15) is 0 Å². The van der Waals surface area contributed by atoms with Crippen LogP contribution in [0.25, 0.3) is 11.3 Å². The maximum absolute atomic E-state index is 2.49. The van der Waals surface area contributed by atoms with E-state index in [1.54, 1.807) is 11.1 Å². The van der Waals surface area contributed by atoms with Crippen molar-refractivity contribution < 1.29 is 4.57 Å². The monoisotopic (exact) mass is 292 g/mol. The lowest BCUT2D eigenvalue weighted by Crippen LogP contribution is -2.47. The third kappa shape index (κ3) is 1.81. The summed E-state index contributed by atoms with van der Waals surface area (Å²) in [7, 11) is 2.20. The Kier molecular flexibility index (Phi) is 2.82. The fourth-order valence-corrected chi connectivity index (χ4v) is 4.65. The van der Waals surface area contributed by atoms with Gasteiger partial charge in [0.25, 0.3) is 0 Å². The van der Waals surface area contributed by atoms with E-state index in [4.69, 9.17) is 0 Å². The van der Waals surface area contributed by atoms with Crippen LogP contribution in [-0.2, 0) is 17.9 Å². The van der Waals surface area contributed by atoms with Crippen LogP contribution in [0, 0.1) is 6.92 Å². The fourth-order valence-electron chi connectivity index (χ4n) is 4.65. The number of aryl methyl sites for hydroxylation is 2. The molecule has 0 spiro atoms. The lowest BCUT2D eigenvalue weighted by Gasteiger charge is -2.51. The minimum Gasteiger partial charge on any atom is -0.201 e. The van der Waals surface area contributed by atoms with Crippen molar-refractivity contribution in [3.8, 4) is 11.3 Å². The van der Waals surface area contributed by atoms with E-state index in [0.717, 1.165) is 0 Å². The molecular weight excluding hydrogens is 266 g/mol. The summed E-state index contributed by atoms with van der Waals surface area (Å²) in [5, 5.41) is 0. The Balaban J connectivity index is 1.97. The summed E-state index contributed by atoms with van der Waals surface area (Å²) in [6, 6.07) is 11.2. The molecule has 1 heterocycles. The summed E-state index contributed by atoms with van der Waals surface area (Å²) in [4.78, 5) is 0. The van der Waals surface area contributed by atoms with Crippen molar-refractivity contribution in [3.05, 3.63) is 53.2 Å². The normalized spacial score (nSPS) is 29.5. The zero-order valence-electron chi connectivity index (χ0n) is 14.2. The molecule has 0 N–H and O–H groups in total. The van der Waals surface area contributed by atoms with Crippen molar-refractivity contribution in [2.45, 2.75) is 57.3 Å². The minimum atomic E-state index is 0.388. The molecule has 1 nitrogen and oxygen atoms in total. The molecule has 0 radical (unpaired) electrons. The highest BCUT2D eigenvalue weighted by molar-refractivity contribution is 5.63. The van der Waals surface area contributed by atoms with Crippen molar-refractivity contribution in [1.29, 1.82) is 0 Å². The molecule has 1 aromatic carbocycles. The number of rotatable bonds is 1. The van der Waals surface area contributed by atoms with Gasteiger partial charge in [0.05, 0.1) is 0 Å². The SMILES string of the molecule is Cc1ccccc1-c1cc2c(c[n+]1C)C1(C)CCC2(C)CC1. The van der Waals surface area contributed by atoms with Gasteiger partial charge in [0.2, 0.25) is 5.69 Å². The smallest absolute Gasteiger partial charge is 0.201 e. The molecule has 1 heteroatoms. The molecule has 1 aromatic heterocycles. The average molecular weight is 292 g/mol. The Labute approximate surface area is 134 Å². The molecule has 22 heavy (non-hydrogen) atoms. The van der Waals surface area contributed by atoms with Crippen LogP contribution in [-0.4, -0.2) is 0 Å². The van der Waals surface area contributed by atoms with Gasteiger partial charge >= 0.3 is 0 Å². The standard InChI is InChI=1S/C21H26N/c1-15-7-5-6-8-16(15)19-13-17-18(14-22(19)4)21(3)11-9-20(17,2)10-12-21/h5-8,13-14H,9-12H2,1-4H3/q+1. The molecule has 114 valence electrons. The number of nitrogens with zero attached hydrogens (tertiary/aromatic N) is 1. The van der Waals surface area contributed by atoms with Crippen LogP contribution in [0.5, 0.6) is 0 Å². The van der Waals surface area contributed by atoms with Crippen LogP contribution in [0.4, 0.5) is 0 Å². The molecule has 3 aliphatic rings. The van der Waals surface area contributed by atoms with Gasteiger partial charge in [-0.3, -0.25) is 0 Å². The molecule has 0 saturated heterocycles. The Morgan fingerprint density at radius 1 is 0.909 bits per heavy atom. The molecule has 0 amide bonds. The van der Waals surface area contributed by atoms with Crippen LogP contribution in [0.15, 0.2) is 36.5 Å². The number of benzene rings is 1. The Hall–Kier alpha value is -1.63. The second-order valence-electron chi connectivity index (χ2n) is 8.03. The van der Waals surface area contributed by atoms with Gasteiger partial charge in [-0.05, 0) is 60.6 Å². The van der Waals surface area contributed by atoms with E-state index in [9.17, 15) is 0 Å². The molecule has 1 saturated carbocycles. The Bertz CT molecular complexity index is 748. The highest BCUT2D eigenvalue weighted by Gasteiger charge is 2.49. The first-order valence-corrected chi connectivity index (χ1v) is 8.54. The van der Waals surface area contributed by atoms with E-state index >= 15 is 0 Å². The number of aromatic nitrogens is 1. The number of fused-ring (bicyclic) bond motifs is 2. The molecule has 0 aliphatic heterocycles. The highest BCUT2D eigenvalue weighted by Crippen LogP contribution is 2.56. The maximum Gasteiger partial charge on any atom is 0.212 e. The molecule has 2 aromatic rings. The molecule has 0 unspecified atom stereocenters. The van der Waals surface area contributed by atoms with Gasteiger partial charge in [-0.1, -0.05) is 32.0 Å².